The fourth-order valence-electron chi connectivity index (χ4n) is 2.21. The van der Waals surface area contributed by atoms with Gasteiger partial charge < -0.3 is 14.8 Å². The van der Waals surface area contributed by atoms with Crippen LogP contribution in [0.1, 0.15) is 11.1 Å². The number of halogens is 2. The Bertz CT molecular complexity index is 781. The lowest BCUT2D eigenvalue weighted by molar-refractivity contribution is -0.123. The highest BCUT2D eigenvalue weighted by molar-refractivity contribution is 7.80. The molecule has 9 heteroatoms. The van der Waals surface area contributed by atoms with E-state index in [0.717, 1.165) is 11.1 Å². The molecule has 0 unspecified atom stereocenters. The van der Waals surface area contributed by atoms with Crippen molar-refractivity contribution >= 4 is 28.9 Å². The number of ether oxygens (including phenoxy) is 2. The lowest BCUT2D eigenvalue weighted by Crippen LogP contribution is -2.45. The van der Waals surface area contributed by atoms with Gasteiger partial charge in [0.1, 0.15) is 11.5 Å². The first-order valence-electron chi connectivity index (χ1n) is 7.95. The van der Waals surface area contributed by atoms with Gasteiger partial charge in [-0.2, -0.15) is 8.78 Å². The lowest BCUT2D eigenvalue weighted by Gasteiger charge is -2.14. The number of amides is 1. The number of carbonyl (C=O) groups is 1. The van der Waals surface area contributed by atoms with E-state index in [1.807, 2.05) is 32.0 Å². The van der Waals surface area contributed by atoms with Gasteiger partial charge in [-0.1, -0.05) is 18.2 Å². The van der Waals surface area contributed by atoms with Crippen LogP contribution in [0.2, 0.25) is 0 Å². The topological polar surface area (TPSA) is 71.6 Å². The number of aryl methyl sites for hydroxylation is 2. The first-order chi connectivity index (χ1) is 12.8. The van der Waals surface area contributed by atoms with Crippen LogP contribution in [-0.2, 0) is 4.79 Å². The number of rotatable bonds is 6. The van der Waals surface area contributed by atoms with Gasteiger partial charge in [0.15, 0.2) is 11.7 Å². The van der Waals surface area contributed by atoms with E-state index in [1.165, 1.54) is 24.3 Å². The molecule has 27 heavy (non-hydrogen) atoms. The van der Waals surface area contributed by atoms with Crippen LogP contribution in [0.15, 0.2) is 42.5 Å². The molecular weight excluding hydrogens is 376 g/mol. The highest BCUT2D eigenvalue weighted by Crippen LogP contribution is 2.22. The maximum Gasteiger partial charge on any atom is 0.387 e. The van der Waals surface area contributed by atoms with Crippen molar-refractivity contribution in [3.05, 3.63) is 53.6 Å². The molecule has 0 bridgehead atoms. The fraction of sp³-hybridized carbons (Fsp3) is 0.222. The van der Waals surface area contributed by atoms with Gasteiger partial charge >= 0.3 is 6.61 Å². The van der Waals surface area contributed by atoms with Gasteiger partial charge in [0.2, 0.25) is 0 Å². The number of hydrogen-bond donors (Lipinski definition) is 3. The van der Waals surface area contributed by atoms with E-state index < -0.39 is 12.5 Å². The number of hydrazine groups is 1. The molecule has 0 saturated heterocycles. The van der Waals surface area contributed by atoms with Gasteiger partial charge in [-0.3, -0.25) is 15.6 Å². The number of para-hydroxylation sites is 1. The van der Waals surface area contributed by atoms with Gasteiger partial charge in [-0.05, 0) is 61.5 Å². The standard InChI is InChI=1S/C18H19F2N3O3S/c1-11-4-3-5-12(2)16(11)25-10-15(24)22-23-18(27)21-13-6-8-14(9-7-13)26-17(19)20/h3-9,17H,10H2,1-2H3,(H,22,24)(H2,21,23,27). The Morgan fingerprint density at radius 1 is 1.07 bits per heavy atom. The van der Waals surface area contributed by atoms with Gasteiger partial charge in [-0.15, -0.1) is 0 Å². The molecule has 0 radical (unpaired) electrons. The predicted octanol–water partition coefficient (Wildman–Crippen LogP) is 3.30. The van der Waals surface area contributed by atoms with E-state index in [1.54, 1.807) is 0 Å². The molecule has 1 amide bonds. The first kappa shape index (κ1) is 20.4. The van der Waals surface area contributed by atoms with E-state index in [0.29, 0.717) is 11.4 Å². The van der Waals surface area contributed by atoms with E-state index in [4.69, 9.17) is 17.0 Å². The summed E-state index contributed by atoms with van der Waals surface area (Å²) in [7, 11) is 0. The summed E-state index contributed by atoms with van der Waals surface area (Å²) in [6, 6.07) is 11.5. The van der Waals surface area contributed by atoms with Crippen LogP contribution in [0.25, 0.3) is 0 Å². The van der Waals surface area contributed by atoms with Gasteiger partial charge in [-0.25, -0.2) is 0 Å². The molecule has 0 aromatic heterocycles. The number of benzene rings is 2. The van der Waals surface area contributed by atoms with Crippen molar-refractivity contribution < 1.29 is 23.0 Å². The monoisotopic (exact) mass is 395 g/mol. The molecule has 0 aliphatic heterocycles. The Kier molecular flexibility index (Phi) is 7.30. The van der Waals surface area contributed by atoms with Crippen molar-refractivity contribution in [2.75, 3.05) is 11.9 Å². The Morgan fingerprint density at radius 2 is 1.70 bits per heavy atom. The second-order valence-electron chi connectivity index (χ2n) is 5.54. The Morgan fingerprint density at radius 3 is 2.30 bits per heavy atom. The van der Waals surface area contributed by atoms with Crippen molar-refractivity contribution in [3.8, 4) is 11.5 Å². The zero-order valence-electron chi connectivity index (χ0n) is 14.7. The van der Waals surface area contributed by atoms with Crippen LogP contribution >= 0.6 is 12.2 Å². The molecule has 0 saturated carbocycles. The predicted molar refractivity (Wildman–Crippen MR) is 102 cm³/mol. The minimum Gasteiger partial charge on any atom is -0.483 e. The molecular formula is C18H19F2N3O3S. The van der Waals surface area contributed by atoms with Crippen LogP contribution in [0.3, 0.4) is 0 Å². The Labute approximate surface area is 160 Å². The molecule has 2 aromatic rings. The zero-order chi connectivity index (χ0) is 19.8. The second-order valence-corrected chi connectivity index (χ2v) is 5.95. The minimum absolute atomic E-state index is 0.0337. The molecule has 0 spiro atoms. The third kappa shape index (κ3) is 6.70. The quantitative estimate of drug-likeness (QED) is 0.515. The maximum atomic E-state index is 12.1. The smallest absolute Gasteiger partial charge is 0.387 e. The number of carbonyl (C=O) groups excluding carboxylic acids is 1. The number of hydrogen-bond acceptors (Lipinski definition) is 4. The summed E-state index contributed by atoms with van der Waals surface area (Å²) in [6.45, 7) is 0.734. The normalized spacial score (nSPS) is 10.3. The zero-order valence-corrected chi connectivity index (χ0v) is 15.5. The second kappa shape index (κ2) is 9.67. The van der Waals surface area contributed by atoms with Gasteiger partial charge in [0.05, 0.1) is 0 Å². The average Bonchev–Trinajstić information content (AvgIpc) is 2.61. The molecule has 144 valence electrons. The van der Waals surface area contributed by atoms with Crippen molar-refractivity contribution in [1.29, 1.82) is 0 Å². The summed E-state index contributed by atoms with van der Waals surface area (Å²) in [6.07, 6.45) is 0. The van der Waals surface area contributed by atoms with E-state index in [9.17, 15) is 13.6 Å². The van der Waals surface area contributed by atoms with Crippen LogP contribution in [0.5, 0.6) is 11.5 Å². The number of thiocarbonyl (C=S) groups is 1. The molecule has 0 fully saturated rings. The van der Waals surface area contributed by atoms with Gasteiger partial charge in [0, 0.05) is 5.69 Å². The Balaban J connectivity index is 1.75. The highest BCUT2D eigenvalue weighted by atomic mass is 32.1. The number of nitrogens with one attached hydrogen (secondary N) is 3. The summed E-state index contributed by atoms with van der Waals surface area (Å²) < 4.78 is 34.0. The fourth-order valence-corrected chi connectivity index (χ4v) is 2.38. The molecule has 0 aliphatic carbocycles. The van der Waals surface area contributed by atoms with Crippen LogP contribution in [-0.4, -0.2) is 24.2 Å². The summed E-state index contributed by atoms with van der Waals surface area (Å²) in [5.74, 6) is 0.285. The largest absolute Gasteiger partial charge is 0.483 e. The molecule has 3 N–H and O–H groups in total. The van der Waals surface area contributed by atoms with E-state index >= 15 is 0 Å². The summed E-state index contributed by atoms with van der Waals surface area (Å²) in [4.78, 5) is 11.9. The highest BCUT2D eigenvalue weighted by Gasteiger charge is 2.08. The van der Waals surface area contributed by atoms with Crippen molar-refractivity contribution in [3.63, 3.8) is 0 Å². The van der Waals surface area contributed by atoms with Crippen molar-refractivity contribution in [1.82, 2.24) is 10.9 Å². The van der Waals surface area contributed by atoms with Crippen molar-refractivity contribution in [2.24, 2.45) is 0 Å². The molecule has 0 heterocycles. The van der Waals surface area contributed by atoms with Crippen LogP contribution in [0, 0.1) is 13.8 Å². The third-order valence-electron chi connectivity index (χ3n) is 3.41. The maximum absolute atomic E-state index is 12.1. The van der Waals surface area contributed by atoms with Crippen molar-refractivity contribution in [2.45, 2.75) is 20.5 Å². The van der Waals surface area contributed by atoms with E-state index in [-0.39, 0.29) is 17.5 Å². The van der Waals surface area contributed by atoms with E-state index in [2.05, 4.69) is 20.9 Å². The molecule has 6 nitrogen and oxygen atoms in total. The summed E-state index contributed by atoms with van der Waals surface area (Å²) in [5.41, 5.74) is 7.35. The number of anilines is 1. The lowest BCUT2D eigenvalue weighted by atomic mass is 10.1. The first-order valence-corrected chi connectivity index (χ1v) is 8.35. The van der Waals surface area contributed by atoms with Gasteiger partial charge in [0.25, 0.3) is 5.91 Å². The third-order valence-corrected chi connectivity index (χ3v) is 3.61. The average molecular weight is 395 g/mol. The number of alkyl halides is 2. The summed E-state index contributed by atoms with van der Waals surface area (Å²) in [5, 5.41) is 2.91. The minimum atomic E-state index is -2.88. The van der Waals surface area contributed by atoms with Crippen LogP contribution in [0.4, 0.5) is 14.5 Å². The van der Waals surface area contributed by atoms with Crippen LogP contribution < -0.4 is 25.6 Å². The summed E-state index contributed by atoms with van der Waals surface area (Å²) >= 11 is 5.05. The Hall–Kier alpha value is -2.94. The molecule has 0 atom stereocenters. The SMILES string of the molecule is Cc1cccc(C)c1OCC(=O)NNC(=S)Nc1ccc(OC(F)F)cc1. The molecule has 2 aromatic carbocycles. The molecule has 2 rings (SSSR count). The molecule has 0 aliphatic rings.